The Morgan fingerprint density at radius 3 is 2.26 bits per heavy atom. The minimum absolute atomic E-state index is 0.0512. The minimum Gasteiger partial charge on any atom is -0.480 e. The van der Waals surface area contributed by atoms with E-state index in [1.807, 2.05) is 0 Å². The number of hydrogen-bond acceptors (Lipinski definition) is 5. The molecular weight excluding hydrogens is 344 g/mol. The molecule has 0 aliphatic carbocycles. The maximum atomic E-state index is 12.8. The molecule has 1 aromatic carbocycles. The summed E-state index contributed by atoms with van der Waals surface area (Å²) in [6.45, 7) is 0.0512. The first-order valence-electron chi connectivity index (χ1n) is 6.86. The van der Waals surface area contributed by atoms with E-state index in [1.54, 1.807) is 0 Å². The molecular formula is C13H18N2O6S2. The number of aliphatic carboxylic acids is 1. The van der Waals surface area contributed by atoms with E-state index >= 15 is 0 Å². The standard InChI is InChI=1S/C13H18N2O6S2/c1-14(2)22(18,19)11-7-3-4-8-12(11)23(20,21)15-9-5-6-10(15)13(16)17/h3-4,7-8,10H,5-6,9H2,1-2H3,(H,16,17)/t10-/m1/s1. The predicted octanol–water partition coefficient (Wildman–Crippen LogP) is 0.175. The molecule has 1 aromatic rings. The molecule has 0 saturated carbocycles. The van der Waals surface area contributed by atoms with Crippen molar-refractivity contribution in [2.24, 2.45) is 0 Å². The molecule has 1 fully saturated rings. The summed E-state index contributed by atoms with van der Waals surface area (Å²) in [6.07, 6.45) is 0.621. The number of rotatable bonds is 5. The van der Waals surface area contributed by atoms with Crippen LogP contribution in [0.2, 0.25) is 0 Å². The van der Waals surface area contributed by atoms with Gasteiger partial charge in [0.25, 0.3) is 0 Å². The zero-order valence-electron chi connectivity index (χ0n) is 12.7. The maximum Gasteiger partial charge on any atom is 0.322 e. The molecule has 0 radical (unpaired) electrons. The Hall–Kier alpha value is -1.49. The highest BCUT2D eigenvalue weighted by atomic mass is 32.2. The van der Waals surface area contributed by atoms with Gasteiger partial charge in [0.15, 0.2) is 0 Å². The van der Waals surface area contributed by atoms with Gasteiger partial charge in [0.2, 0.25) is 20.0 Å². The van der Waals surface area contributed by atoms with Gasteiger partial charge in [-0.25, -0.2) is 21.1 Å². The van der Waals surface area contributed by atoms with Crippen molar-refractivity contribution in [3.63, 3.8) is 0 Å². The highest BCUT2D eigenvalue weighted by molar-refractivity contribution is 7.92. The molecule has 1 saturated heterocycles. The molecule has 1 atom stereocenters. The highest BCUT2D eigenvalue weighted by Crippen LogP contribution is 2.30. The Morgan fingerprint density at radius 1 is 1.17 bits per heavy atom. The molecule has 2 rings (SSSR count). The summed E-state index contributed by atoms with van der Waals surface area (Å²) in [5.41, 5.74) is 0. The minimum atomic E-state index is -4.23. The van der Waals surface area contributed by atoms with Crippen molar-refractivity contribution in [1.29, 1.82) is 0 Å². The zero-order chi connectivity index (χ0) is 17.4. The fourth-order valence-corrected chi connectivity index (χ4v) is 5.80. The molecule has 8 nitrogen and oxygen atoms in total. The van der Waals surface area contributed by atoms with Gasteiger partial charge in [-0.3, -0.25) is 4.79 Å². The predicted molar refractivity (Wildman–Crippen MR) is 81.9 cm³/mol. The zero-order valence-corrected chi connectivity index (χ0v) is 14.3. The Labute approximate surface area is 135 Å². The van der Waals surface area contributed by atoms with Crippen molar-refractivity contribution < 1.29 is 26.7 Å². The van der Waals surface area contributed by atoms with Crippen molar-refractivity contribution in [2.45, 2.75) is 28.7 Å². The Bertz CT molecular complexity index is 817. The summed E-state index contributed by atoms with van der Waals surface area (Å²) in [4.78, 5) is 10.5. The first-order valence-corrected chi connectivity index (χ1v) is 9.74. The fourth-order valence-electron chi connectivity index (χ4n) is 2.47. The second-order valence-corrected chi connectivity index (χ2v) is 9.33. The van der Waals surface area contributed by atoms with Crippen LogP contribution in [-0.2, 0) is 24.8 Å². The number of hydrogen-bond donors (Lipinski definition) is 1. The SMILES string of the molecule is CN(C)S(=O)(=O)c1ccccc1S(=O)(=O)N1CCC[C@@H]1C(=O)O. The summed E-state index contributed by atoms with van der Waals surface area (Å²) < 4.78 is 52.1. The number of carboxylic acid groups (broad SMARTS) is 1. The number of carboxylic acids is 1. The summed E-state index contributed by atoms with van der Waals surface area (Å²) >= 11 is 0. The van der Waals surface area contributed by atoms with Crippen LogP contribution in [0.1, 0.15) is 12.8 Å². The Kier molecular flexibility index (Phi) is 4.81. The number of benzene rings is 1. The van der Waals surface area contributed by atoms with E-state index < -0.39 is 37.0 Å². The molecule has 23 heavy (non-hydrogen) atoms. The van der Waals surface area contributed by atoms with Gasteiger partial charge in [0, 0.05) is 20.6 Å². The molecule has 10 heteroatoms. The summed E-state index contributed by atoms with van der Waals surface area (Å²) in [6, 6.07) is 4.05. The molecule has 0 bridgehead atoms. The number of carbonyl (C=O) groups is 1. The van der Waals surface area contributed by atoms with Crippen LogP contribution < -0.4 is 0 Å². The third kappa shape index (κ3) is 3.11. The smallest absolute Gasteiger partial charge is 0.322 e. The lowest BCUT2D eigenvalue weighted by Gasteiger charge is -2.23. The highest BCUT2D eigenvalue weighted by Gasteiger charge is 2.41. The number of sulfonamides is 2. The average molecular weight is 362 g/mol. The van der Waals surface area contributed by atoms with E-state index in [0.717, 1.165) is 8.61 Å². The van der Waals surface area contributed by atoms with Crippen LogP contribution in [0, 0.1) is 0 Å². The van der Waals surface area contributed by atoms with Gasteiger partial charge in [-0.1, -0.05) is 12.1 Å². The molecule has 1 aliphatic rings. The topological polar surface area (TPSA) is 112 Å². The lowest BCUT2D eigenvalue weighted by Crippen LogP contribution is -2.41. The van der Waals surface area contributed by atoms with E-state index in [9.17, 15) is 26.7 Å². The molecule has 128 valence electrons. The van der Waals surface area contributed by atoms with E-state index in [-0.39, 0.29) is 17.9 Å². The van der Waals surface area contributed by atoms with E-state index in [0.29, 0.717) is 6.42 Å². The summed E-state index contributed by atoms with van der Waals surface area (Å²) in [7, 11) is -5.61. The molecule has 0 unspecified atom stereocenters. The van der Waals surface area contributed by atoms with Crippen molar-refractivity contribution >= 4 is 26.0 Å². The molecule has 1 N–H and O–H groups in total. The van der Waals surface area contributed by atoms with Crippen LogP contribution in [0.5, 0.6) is 0 Å². The average Bonchev–Trinajstić information content (AvgIpc) is 2.97. The van der Waals surface area contributed by atoms with Gasteiger partial charge in [0.1, 0.15) is 15.8 Å². The normalized spacial score (nSPS) is 20.0. The van der Waals surface area contributed by atoms with Crippen LogP contribution in [0.25, 0.3) is 0 Å². The van der Waals surface area contributed by atoms with Gasteiger partial charge in [-0.15, -0.1) is 0 Å². The lowest BCUT2D eigenvalue weighted by atomic mass is 10.2. The van der Waals surface area contributed by atoms with Crippen LogP contribution >= 0.6 is 0 Å². The quantitative estimate of drug-likeness (QED) is 0.799. The van der Waals surface area contributed by atoms with Gasteiger partial charge in [0.05, 0.1) is 0 Å². The van der Waals surface area contributed by atoms with Gasteiger partial charge in [-0.2, -0.15) is 4.31 Å². The molecule has 1 heterocycles. The first-order chi connectivity index (χ1) is 10.6. The van der Waals surface area contributed by atoms with Crippen molar-refractivity contribution in [3.05, 3.63) is 24.3 Å². The van der Waals surface area contributed by atoms with Crippen molar-refractivity contribution in [1.82, 2.24) is 8.61 Å². The molecule has 1 aliphatic heterocycles. The summed E-state index contributed by atoms with van der Waals surface area (Å²) in [5.74, 6) is -1.24. The Balaban J connectivity index is 2.61. The third-order valence-corrected chi connectivity index (χ3v) is 7.65. The lowest BCUT2D eigenvalue weighted by molar-refractivity contribution is -0.140. The van der Waals surface area contributed by atoms with Crippen LogP contribution in [0.15, 0.2) is 34.1 Å². The molecule has 0 aromatic heterocycles. The largest absolute Gasteiger partial charge is 0.480 e. The van der Waals surface area contributed by atoms with E-state index in [1.165, 1.54) is 38.4 Å². The molecule has 0 amide bonds. The van der Waals surface area contributed by atoms with E-state index in [2.05, 4.69) is 0 Å². The number of nitrogens with zero attached hydrogens (tertiary/aromatic N) is 2. The maximum absolute atomic E-state index is 12.8. The van der Waals surface area contributed by atoms with E-state index in [4.69, 9.17) is 0 Å². The Morgan fingerprint density at radius 2 is 1.74 bits per heavy atom. The summed E-state index contributed by atoms with van der Waals surface area (Å²) in [5, 5.41) is 9.18. The monoisotopic (exact) mass is 362 g/mol. The van der Waals surface area contributed by atoms with Crippen LogP contribution in [0.3, 0.4) is 0 Å². The van der Waals surface area contributed by atoms with Crippen molar-refractivity contribution in [2.75, 3.05) is 20.6 Å². The van der Waals surface area contributed by atoms with Gasteiger partial charge < -0.3 is 5.11 Å². The van der Waals surface area contributed by atoms with Crippen molar-refractivity contribution in [3.8, 4) is 0 Å². The van der Waals surface area contributed by atoms with Crippen LogP contribution in [-0.4, -0.2) is 63.2 Å². The third-order valence-electron chi connectivity index (χ3n) is 3.68. The van der Waals surface area contributed by atoms with Gasteiger partial charge in [-0.05, 0) is 25.0 Å². The molecule has 0 spiro atoms. The second kappa shape index (κ2) is 6.19. The van der Waals surface area contributed by atoms with Gasteiger partial charge >= 0.3 is 5.97 Å². The first kappa shape index (κ1) is 17.9. The second-order valence-electron chi connectivity index (χ2n) is 5.35. The fraction of sp³-hybridized carbons (Fsp3) is 0.462. The van der Waals surface area contributed by atoms with Crippen LogP contribution in [0.4, 0.5) is 0 Å².